The predicted octanol–water partition coefficient (Wildman–Crippen LogP) is 3.61. The molecule has 0 radical (unpaired) electrons. The van der Waals surface area contributed by atoms with Crippen LogP contribution in [0, 0.1) is 0 Å². The lowest BCUT2D eigenvalue weighted by Gasteiger charge is -2.35. The topological polar surface area (TPSA) is 52.6 Å². The van der Waals surface area contributed by atoms with Crippen molar-refractivity contribution in [1.82, 2.24) is 4.90 Å². The fourth-order valence-corrected chi connectivity index (χ4v) is 3.24. The van der Waals surface area contributed by atoms with Crippen molar-refractivity contribution in [3.8, 4) is 0 Å². The Labute approximate surface area is 130 Å². The predicted molar refractivity (Wildman–Crippen MR) is 89.0 cm³/mol. The monoisotopic (exact) mass is 298 g/mol. The Morgan fingerprint density at radius 3 is 2.86 bits per heavy atom. The summed E-state index contributed by atoms with van der Waals surface area (Å²) in [5.74, 6) is 0. The number of piperidine rings is 1. The first-order valence-corrected chi connectivity index (χ1v) is 7.96. The first-order valence-electron chi connectivity index (χ1n) is 7.96. The number of nitrogens with zero attached hydrogens (tertiary/aromatic N) is 1. The van der Waals surface area contributed by atoms with E-state index in [9.17, 15) is 9.90 Å². The maximum atomic E-state index is 12.6. The van der Waals surface area contributed by atoms with Gasteiger partial charge < -0.3 is 15.3 Å². The van der Waals surface area contributed by atoms with Gasteiger partial charge in [0.05, 0.1) is 5.69 Å². The maximum absolute atomic E-state index is 12.6. The molecule has 3 rings (SSSR count). The lowest BCUT2D eigenvalue weighted by Crippen LogP contribution is -2.46. The summed E-state index contributed by atoms with van der Waals surface area (Å²) in [6.07, 6.45) is 3.79. The molecule has 1 saturated heterocycles. The molecule has 2 amide bonds. The van der Waals surface area contributed by atoms with Crippen molar-refractivity contribution >= 4 is 22.5 Å². The molecule has 2 aromatic rings. The fraction of sp³-hybridized carbons (Fsp3) is 0.389. The van der Waals surface area contributed by atoms with E-state index in [-0.39, 0.29) is 18.7 Å². The average molecular weight is 298 g/mol. The van der Waals surface area contributed by atoms with Crippen molar-refractivity contribution < 1.29 is 9.90 Å². The van der Waals surface area contributed by atoms with Crippen LogP contribution in [0.4, 0.5) is 10.5 Å². The number of fused-ring (bicyclic) bond motifs is 1. The minimum Gasteiger partial charge on any atom is -0.396 e. The van der Waals surface area contributed by atoms with Gasteiger partial charge >= 0.3 is 6.03 Å². The minimum absolute atomic E-state index is 0.0606. The highest BCUT2D eigenvalue weighted by molar-refractivity contribution is 6.01. The van der Waals surface area contributed by atoms with Crippen molar-refractivity contribution in [2.75, 3.05) is 18.5 Å². The molecule has 116 valence electrons. The second kappa shape index (κ2) is 6.79. The third-order valence-corrected chi connectivity index (χ3v) is 4.38. The quantitative estimate of drug-likeness (QED) is 0.909. The Morgan fingerprint density at radius 2 is 2.00 bits per heavy atom. The average Bonchev–Trinajstić information content (AvgIpc) is 2.56. The molecule has 0 spiro atoms. The number of hydrogen-bond acceptors (Lipinski definition) is 2. The summed E-state index contributed by atoms with van der Waals surface area (Å²) in [5.41, 5.74) is 0.844. The molecular weight excluding hydrogens is 276 g/mol. The van der Waals surface area contributed by atoms with Gasteiger partial charge in [0.2, 0.25) is 0 Å². The smallest absolute Gasteiger partial charge is 0.322 e. The van der Waals surface area contributed by atoms with Crippen LogP contribution in [0.2, 0.25) is 0 Å². The molecule has 2 N–H and O–H groups in total. The number of likely N-dealkylation sites (tertiary alicyclic amines) is 1. The molecule has 4 nitrogen and oxygen atoms in total. The second-order valence-corrected chi connectivity index (χ2v) is 5.81. The van der Waals surface area contributed by atoms with Crippen LogP contribution in [0.15, 0.2) is 42.5 Å². The van der Waals surface area contributed by atoms with Crippen molar-refractivity contribution in [2.24, 2.45) is 0 Å². The van der Waals surface area contributed by atoms with Crippen LogP contribution in [0.25, 0.3) is 10.8 Å². The molecular formula is C18H22N2O2. The molecule has 0 saturated carbocycles. The summed E-state index contributed by atoms with van der Waals surface area (Å²) >= 11 is 0. The van der Waals surface area contributed by atoms with Gasteiger partial charge in [-0.25, -0.2) is 4.79 Å². The maximum Gasteiger partial charge on any atom is 0.322 e. The number of carbonyl (C=O) groups excluding carboxylic acids is 1. The fourth-order valence-electron chi connectivity index (χ4n) is 3.24. The number of carbonyl (C=O) groups is 1. The Kier molecular flexibility index (Phi) is 4.59. The Morgan fingerprint density at radius 1 is 1.18 bits per heavy atom. The SMILES string of the molecule is O=C(Nc1cccc2ccccc12)N1CCCC[C@@H]1CCO. The molecule has 0 bridgehead atoms. The number of nitrogens with one attached hydrogen (secondary N) is 1. The molecule has 1 heterocycles. The van der Waals surface area contributed by atoms with E-state index in [1.54, 1.807) is 0 Å². The van der Waals surface area contributed by atoms with Crippen molar-refractivity contribution in [3.63, 3.8) is 0 Å². The summed E-state index contributed by atoms with van der Waals surface area (Å²) < 4.78 is 0. The van der Waals surface area contributed by atoms with Crippen molar-refractivity contribution in [2.45, 2.75) is 31.7 Å². The highest BCUT2D eigenvalue weighted by Gasteiger charge is 2.26. The van der Waals surface area contributed by atoms with E-state index >= 15 is 0 Å². The Bertz CT molecular complexity index is 649. The highest BCUT2D eigenvalue weighted by Crippen LogP contribution is 2.25. The summed E-state index contributed by atoms with van der Waals surface area (Å²) in [6.45, 7) is 0.893. The molecule has 2 aromatic carbocycles. The van der Waals surface area contributed by atoms with Gasteiger partial charge in [-0.3, -0.25) is 0 Å². The van der Waals surface area contributed by atoms with Crippen LogP contribution in [0.3, 0.4) is 0 Å². The number of aliphatic hydroxyl groups is 1. The molecule has 0 unspecified atom stereocenters. The van der Waals surface area contributed by atoms with E-state index < -0.39 is 0 Å². The van der Waals surface area contributed by atoms with Gasteiger partial charge in [0.25, 0.3) is 0 Å². The molecule has 1 aliphatic rings. The number of hydrogen-bond donors (Lipinski definition) is 2. The molecule has 0 aromatic heterocycles. The minimum atomic E-state index is -0.0606. The standard InChI is InChI=1S/C18H22N2O2/c21-13-11-15-8-3-4-12-20(15)18(22)19-17-10-5-7-14-6-1-2-9-16(14)17/h1-2,5-7,9-10,15,21H,3-4,8,11-13H2,(H,19,22)/t15-/m1/s1. The lowest BCUT2D eigenvalue weighted by molar-refractivity contribution is 0.141. The zero-order chi connectivity index (χ0) is 15.4. The molecule has 1 aliphatic heterocycles. The number of aliphatic hydroxyl groups excluding tert-OH is 1. The van der Waals surface area contributed by atoms with Crippen LogP contribution in [-0.4, -0.2) is 35.2 Å². The van der Waals surface area contributed by atoms with Crippen LogP contribution in [-0.2, 0) is 0 Å². The molecule has 4 heteroatoms. The van der Waals surface area contributed by atoms with E-state index in [1.165, 1.54) is 0 Å². The van der Waals surface area contributed by atoms with Gasteiger partial charge in [0.15, 0.2) is 0 Å². The van der Waals surface area contributed by atoms with E-state index in [0.717, 1.165) is 42.3 Å². The van der Waals surface area contributed by atoms with Crippen LogP contribution in [0.1, 0.15) is 25.7 Å². The molecule has 22 heavy (non-hydrogen) atoms. The summed E-state index contributed by atoms with van der Waals surface area (Å²) in [4.78, 5) is 14.5. The number of benzene rings is 2. The summed E-state index contributed by atoms with van der Waals surface area (Å²) in [7, 11) is 0. The first-order chi connectivity index (χ1) is 10.8. The van der Waals surface area contributed by atoms with Gasteiger partial charge in [0.1, 0.15) is 0 Å². The first kappa shape index (κ1) is 14.9. The Balaban J connectivity index is 1.80. The second-order valence-electron chi connectivity index (χ2n) is 5.81. The summed E-state index contributed by atoms with van der Waals surface area (Å²) in [6, 6.07) is 14.1. The lowest BCUT2D eigenvalue weighted by atomic mass is 10.00. The van der Waals surface area contributed by atoms with Crippen LogP contribution >= 0.6 is 0 Å². The van der Waals surface area contributed by atoms with Gasteiger partial charge in [-0.05, 0) is 37.1 Å². The number of rotatable bonds is 3. The third kappa shape index (κ3) is 3.07. The zero-order valence-electron chi connectivity index (χ0n) is 12.7. The van der Waals surface area contributed by atoms with Gasteiger partial charge in [-0.1, -0.05) is 36.4 Å². The van der Waals surface area contributed by atoms with E-state index in [0.29, 0.717) is 6.42 Å². The number of amides is 2. The largest absolute Gasteiger partial charge is 0.396 e. The van der Waals surface area contributed by atoms with Crippen molar-refractivity contribution in [1.29, 1.82) is 0 Å². The van der Waals surface area contributed by atoms with Gasteiger partial charge in [-0.2, -0.15) is 0 Å². The van der Waals surface area contributed by atoms with Crippen LogP contribution in [0.5, 0.6) is 0 Å². The molecule has 1 atom stereocenters. The third-order valence-electron chi connectivity index (χ3n) is 4.38. The number of urea groups is 1. The normalized spacial score (nSPS) is 18.4. The van der Waals surface area contributed by atoms with Crippen molar-refractivity contribution in [3.05, 3.63) is 42.5 Å². The zero-order valence-corrected chi connectivity index (χ0v) is 12.7. The van der Waals surface area contributed by atoms with E-state index in [1.807, 2.05) is 47.4 Å². The Hall–Kier alpha value is -2.07. The van der Waals surface area contributed by atoms with Gasteiger partial charge in [0, 0.05) is 24.6 Å². The summed E-state index contributed by atoms with van der Waals surface area (Å²) in [5, 5.41) is 14.4. The van der Waals surface area contributed by atoms with Crippen LogP contribution < -0.4 is 5.32 Å². The van der Waals surface area contributed by atoms with E-state index in [2.05, 4.69) is 5.32 Å². The molecule has 1 fully saturated rings. The number of anilines is 1. The highest BCUT2D eigenvalue weighted by atomic mass is 16.3. The van der Waals surface area contributed by atoms with E-state index in [4.69, 9.17) is 0 Å². The molecule has 0 aliphatic carbocycles. The van der Waals surface area contributed by atoms with Gasteiger partial charge in [-0.15, -0.1) is 0 Å².